The van der Waals surface area contributed by atoms with Crippen molar-refractivity contribution in [3.8, 4) is 0 Å². The van der Waals surface area contributed by atoms with Gasteiger partial charge in [-0.1, -0.05) is 18.3 Å². The average molecular weight is 311 g/mol. The molecule has 1 aromatic carbocycles. The maximum absolute atomic E-state index is 12.7. The lowest BCUT2D eigenvalue weighted by Crippen LogP contribution is -2.15. The van der Waals surface area contributed by atoms with Crippen LogP contribution in [0.15, 0.2) is 42.5 Å². The van der Waals surface area contributed by atoms with Crippen molar-refractivity contribution >= 4 is 28.7 Å². The molecule has 0 bridgehead atoms. The molecule has 0 aliphatic carbocycles. The summed E-state index contributed by atoms with van der Waals surface area (Å²) in [5.41, 5.74) is 5.95. The SMILES string of the molecule is CN(c1ccc(C(N)=S)cc1)c1cccc(C(F)(F)F)n1. The molecule has 110 valence electrons. The smallest absolute Gasteiger partial charge is 0.389 e. The number of halogens is 3. The molecular formula is C14H12F3N3S. The van der Waals surface area contributed by atoms with E-state index in [1.807, 2.05) is 0 Å². The van der Waals surface area contributed by atoms with Gasteiger partial charge in [0, 0.05) is 18.3 Å². The molecule has 0 aliphatic rings. The van der Waals surface area contributed by atoms with Gasteiger partial charge < -0.3 is 10.6 Å². The molecule has 0 saturated heterocycles. The van der Waals surface area contributed by atoms with Crippen molar-refractivity contribution in [3.63, 3.8) is 0 Å². The average Bonchev–Trinajstić information content (AvgIpc) is 2.46. The van der Waals surface area contributed by atoms with Crippen molar-refractivity contribution < 1.29 is 13.2 Å². The quantitative estimate of drug-likeness (QED) is 0.881. The van der Waals surface area contributed by atoms with Crippen LogP contribution in [0, 0.1) is 0 Å². The summed E-state index contributed by atoms with van der Waals surface area (Å²) in [4.78, 5) is 5.45. The summed E-state index contributed by atoms with van der Waals surface area (Å²) in [6.07, 6.45) is -4.47. The number of aromatic nitrogens is 1. The second kappa shape index (κ2) is 5.69. The Morgan fingerprint density at radius 1 is 1.14 bits per heavy atom. The molecule has 1 aromatic heterocycles. The first-order chi connectivity index (χ1) is 9.79. The van der Waals surface area contributed by atoms with Crippen LogP contribution >= 0.6 is 12.2 Å². The van der Waals surface area contributed by atoms with Gasteiger partial charge in [-0.2, -0.15) is 13.2 Å². The van der Waals surface area contributed by atoms with Crippen molar-refractivity contribution in [3.05, 3.63) is 53.7 Å². The molecule has 0 fully saturated rings. The zero-order valence-electron chi connectivity index (χ0n) is 11.1. The number of nitrogens with zero attached hydrogens (tertiary/aromatic N) is 2. The zero-order chi connectivity index (χ0) is 15.6. The van der Waals surface area contributed by atoms with E-state index in [0.717, 1.165) is 6.07 Å². The van der Waals surface area contributed by atoms with Gasteiger partial charge in [-0.3, -0.25) is 0 Å². The summed E-state index contributed by atoms with van der Waals surface area (Å²) >= 11 is 4.85. The van der Waals surface area contributed by atoms with Crippen LogP contribution in [0.25, 0.3) is 0 Å². The highest BCUT2D eigenvalue weighted by Crippen LogP contribution is 2.30. The highest BCUT2D eigenvalue weighted by molar-refractivity contribution is 7.80. The molecular weight excluding hydrogens is 299 g/mol. The molecule has 21 heavy (non-hydrogen) atoms. The Kier molecular flexibility index (Phi) is 4.13. The lowest BCUT2D eigenvalue weighted by atomic mass is 10.2. The van der Waals surface area contributed by atoms with Crippen LogP contribution in [0.3, 0.4) is 0 Å². The molecule has 1 heterocycles. The van der Waals surface area contributed by atoms with Crippen LogP contribution in [0.2, 0.25) is 0 Å². The predicted octanol–water partition coefficient (Wildman–Crippen LogP) is 3.50. The molecule has 0 amide bonds. The molecule has 2 aromatic rings. The number of anilines is 2. The van der Waals surface area contributed by atoms with E-state index in [1.54, 1.807) is 36.2 Å². The first-order valence-electron chi connectivity index (χ1n) is 5.97. The fraction of sp³-hybridized carbons (Fsp3) is 0.143. The van der Waals surface area contributed by atoms with E-state index in [9.17, 15) is 13.2 Å². The summed E-state index contributed by atoms with van der Waals surface area (Å²) in [5, 5.41) is 0. The van der Waals surface area contributed by atoms with Crippen molar-refractivity contribution in [2.75, 3.05) is 11.9 Å². The summed E-state index contributed by atoms with van der Waals surface area (Å²) < 4.78 is 38.0. The fourth-order valence-electron chi connectivity index (χ4n) is 1.75. The molecule has 0 atom stereocenters. The van der Waals surface area contributed by atoms with Crippen molar-refractivity contribution in [1.82, 2.24) is 4.98 Å². The molecule has 7 heteroatoms. The second-order valence-corrected chi connectivity index (χ2v) is 4.79. The van der Waals surface area contributed by atoms with Crippen LogP contribution in [-0.2, 0) is 6.18 Å². The standard InChI is InChI=1S/C14H12F3N3S/c1-20(10-7-5-9(6-8-10)13(18)21)12-4-2-3-11(19-12)14(15,16)17/h2-8H,1H3,(H2,18,21). The van der Waals surface area contributed by atoms with E-state index in [-0.39, 0.29) is 10.8 Å². The number of pyridine rings is 1. The fourth-order valence-corrected chi connectivity index (χ4v) is 1.89. The highest BCUT2D eigenvalue weighted by Gasteiger charge is 2.32. The van der Waals surface area contributed by atoms with E-state index < -0.39 is 11.9 Å². The molecule has 0 radical (unpaired) electrons. The van der Waals surface area contributed by atoms with Crippen LogP contribution in [0.1, 0.15) is 11.3 Å². The number of benzene rings is 1. The van der Waals surface area contributed by atoms with Crippen LogP contribution in [0.5, 0.6) is 0 Å². The van der Waals surface area contributed by atoms with Gasteiger partial charge >= 0.3 is 6.18 Å². The largest absolute Gasteiger partial charge is 0.433 e. The van der Waals surface area contributed by atoms with Gasteiger partial charge in [-0.25, -0.2) is 4.98 Å². The first-order valence-corrected chi connectivity index (χ1v) is 6.38. The molecule has 2 rings (SSSR count). The number of thiocarbonyl (C=S) groups is 1. The van der Waals surface area contributed by atoms with Crippen molar-refractivity contribution in [2.45, 2.75) is 6.18 Å². The van der Waals surface area contributed by atoms with Gasteiger partial charge in [-0.05, 0) is 36.4 Å². The maximum atomic E-state index is 12.7. The molecule has 2 N–H and O–H groups in total. The van der Waals surface area contributed by atoms with Gasteiger partial charge in [0.2, 0.25) is 0 Å². The van der Waals surface area contributed by atoms with Crippen molar-refractivity contribution in [2.24, 2.45) is 5.73 Å². The van der Waals surface area contributed by atoms with Gasteiger partial charge in [0.15, 0.2) is 0 Å². The van der Waals surface area contributed by atoms with E-state index in [1.165, 1.54) is 12.1 Å². The Morgan fingerprint density at radius 3 is 2.29 bits per heavy atom. The predicted molar refractivity (Wildman–Crippen MR) is 79.6 cm³/mol. The normalized spacial score (nSPS) is 11.2. The monoisotopic (exact) mass is 311 g/mol. The van der Waals surface area contributed by atoms with Crippen LogP contribution < -0.4 is 10.6 Å². The molecule has 0 aliphatic heterocycles. The zero-order valence-corrected chi connectivity index (χ0v) is 11.9. The second-order valence-electron chi connectivity index (χ2n) is 4.35. The summed E-state index contributed by atoms with van der Waals surface area (Å²) in [6.45, 7) is 0. The first kappa shape index (κ1) is 15.2. The third-order valence-electron chi connectivity index (χ3n) is 2.91. The lowest BCUT2D eigenvalue weighted by Gasteiger charge is -2.19. The Labute approximate surface area is 125 Å². The van der Waals surface area contributed by atoms with Gasteiger partial charge in [0.25, 0.3) is 0 Å². The van der Waals surface area contributed by atoms with Crippen molar-refractivity contribution in [1.29, 1.82) is 0 Å². The number of nitrogens with two attached hydrogens (primary N) is 1. The Bertz CT molecular complexity index is 653. The summed E-state index contributed by atoms with van der Waals surface area (Å²) in [7, 11) is 1.64. The Balaban J connectivity index is 2.31. The highest BCUT2D eigenvalue weighted by atomic mass is 32.1. The lowest BCUT2D eigenvalue weighted by molar-refractivity contribution is -0.141. The van der Waals surface area contributed by atoms with E-state index >= 15 is 0 Å². The third-order valence-corrected chi connectivity index (χ3v) is 3.14. The Hall–Kier alpha value is -2.15. The van der Waals surface area contributed by atoms with Gasteiger partial charge in [-0.15, -0.1) is 0 Å². The van der Waals surface area contributed by atoms with E-state index in [4.69, 9.17) is 18.0 Å². The molecule has 0 saturated carbocycles. The minimum absolute atomic E-state index is 0.202. The van der Waals surface area contributed by atoms with E-state index in [2.05, 4.69) is 4.98 Å². The third kappa shape index (κ3) is 3.49. The number of rotatable bonds is 3. The number of hydrogen-bond donors (Lipinski definition) is 1. The van der Waals surface area contributed by atoms with Crippen LogP contribution in [-0.4, -0.2) is 17.0 Å². The molecule has 0 spiro atoms. The molecule has 3 nitrogen and oxygen atoms in total. The molecule has 0 unspecified atom stereocenters. The summed E-state index contributed by atoms with van der Waals surface area (Å²) in [5.74, 6) is 0.202. The van der Waals surface area contributed by atoms with Gasteiger partial charge in [0.05, 0.1) is 0 Å². The van der Waals surface area contributed by atoms with Gasteiger partial charge in [0.1, 0.15) is 16.5 Å². The minimum Gasteiger partial charge on any atom is -0.389 e. The number of alkyl halides is 3. The minimum atomic E-state index is -4.47. The Morgan fingerprint density at radius 2 is 1.76 bits per heavy atom. The maximum Gasteiger partial charge on any atom is 0.433 e. The van der Waals surface area contributed by atoms with E-state index in [0.29, 0.717) is 11.3 Å². The summed E-state index contributed by atoms with van der Waals surface area (Å²) in [6, 6.07) is 10.6. The topological polar surface area (TPSA) is 42.1 Å². The van der Waals surface area contributed by atoms with Crippen LogP contribution in [0.4, 0.5) is 24.7 Å². The number of hydrogen-bond acceptors (Lipinski definition) is 3.